The summed E-state index contributed by atoms with van der Waals surface area (Å²) in [4.78, 5) is 21.3. The Labute approximate surface area is 131 Å². The molecule has 0 unspecified atom stereocenters. The van der Waals surface area contributed by atoms with Crippen molar-refractivity contribution in [3.8, 4) is 5.88 Å². The number of hydrogen-bond donors (Lipinski definition) is 0. The van der Waals surface area contributed by atoms with Gasteiger partial charge in [0.15, 0.2) is 5.16 Å². The predicted octanol–water partition coefficient (Wildman–Crippen LogP) is 2.22. The van der Waals surface area contributed by atoms with Crippen LogP contribution in [0.25, 0.3) is 0 Å². The number of rotatable bonds is 6. The molecule has 1 saturated heterocycles. The van der Waals surface area contributed by atoms with Gasteiger partial charge in [0.1, 0.15) is 6.61 Å². The van der Waals surface area contributed by atoms with Gasteiger partial charge in [0.2, 0.25) is 5.82 Å². The van der Waals surface area contributed by atoms with Gasteiger partial charge in [-0.1, -0.05) is 24.4 Å². The first-order chi connectivity index (χ1) is 10.2. The molecule has 0 N–H and O–H groups in total. The molecule has 0 aliphatic carbocycles. The molecule has 0 saturated carbocycles. The molecular formula is C12H16N4O3S2. The van der Waals surface area contributed by atoms with Crippen molar-refractivity contribution < 1.29 is 9.66 Å². The fraction of sp³-hybridized carbons (Fsp3) is 0.500. The minimum atomic E-state index is -0.473. The molecule has 0 radical (unpaired) electrons. The Bertz CT molecular complexity index is 535. The zero-order chi connectivity index (χ0) is 15.2. The molecule has 21 heavy (non-hydrogen) atoms. The second-order valence-corrected chi connectivity index (χ2v) is 6.14. The Hall–Kier alpha value is -1.48. The van der Waals surface area contributed by atoms with Gasteiger partial charge in [0.05, 0.1) is 4.92 Å². The summed E-state index contributed by atoms with van der Waals surface area (Å²) < 4.78 is 5.37. The van der Waals surface area contributed by atoms with Crippen LogP contribution in [-0.2, 0) is 0 Å². The maximum absolute atomic E-state index is 11.4. The van der Waals surface area contributed by atoms with E-state index in [-0.39, 0.29) is 18.2 Å². The highest BCUT2D eigenvalue weighted by Crippen LogP contribution is 2.36. The average molecular weight is 328 g/mol. The monoisotopic (exact) mass is 328 g/mol. The largest absolute Gasteiger partial charge is 0.468 e. The minimum absolute atomic E-state index is 0.00692. The van der Waals surface area contributed by atoms with Crippen molar-refractivity contribution in [2.75, 3.05) is 42.4 Å². The van der Waals surface area contributed by atoms with E-state index in [0.29, 0.717) is 11.0 Å². The van der Waals surface area contributed by atoms with Crippen molar-refractivity contribution in [3.63, 3.8) is 0 Å². The first-order valence-electron chi connectivity index (χ1n) is 6.34. The lowest BCUT2D eigenvalue weighted by Crippen LogP contribution is -2.34. The number of anilines is 1. The quantitative estimate of drug-likeness (QED) is 0.258. The van der Waals surface area contributed by atoms with Crippen LogP contribution in [0.5, 0.6) is 5.88 Å². The third-order valence-corrected chi connectivity index (χ3v) is 4.32. The molecule has 1 aromatic heterocycles. The zero-order valence-corrected chi connectivity index (χ0v) is 13.3. The lowest BCUT2D eigenvalue weighted by molar-refractivity contribution is -0.385. The van der Waals surface area contributed by atoms with Crippen molar-refractivity contribution in [1.29, 1.82) is 0 Å². The molecule has 0 aromatic carbocycles. The summed E-state index contributed by atoms with van der Waals surface area (Å²) in [7, 11) is 0. The maximum Gasteiger partial charge on any atom is 0.373 e. The topological polar surface area (TPSA) is 81.4 Å². The van der Waals surface area contributed by atoms with Gasteiger partial charge in [-0.15, -0.1) is 0 Å². The summed E-state index contributed by atoms with van der Waals surface area (Å²) >= 11 is 3.16. The van der Waals surface area contributed by atoms with Crippen LogP contribution in [0.4, 0.5) is 11.5 Å². The van der Waals surface area contributed by atoms with Crippen molar-refractivity contribution in [3.05, 3.63) is 22.8 Å². The number of ether oxygens (including phenoxy) is 1. The number of aromatic nitrogens is 2. The Balaban J connectivity index is 2.48. The van der Waals surface area contributed by atoms with Gasteiger partial charge in [-0.2, -0.15) is 21.7 Å². The molecule has 9 heteroatoms. The molecule has 0 atom stereocenters. The predicted molar refractivity (Wildman–Crippen MR) is 85.7 cm³/mol. The Morgan fingerprint density at radius 3 is 2.81 bits per heavy atom. The highest BCUT2D eigenvalue weighted by Gasteiger charge is 2.30. The third-order valence-electron chi connectivity index (χ3n) is 2.83. The number of nitrogens with zero attached hydrogens (tertiary/aromatic N) is 4. The van der Waals surface area contributed by atoms with Crippen LogP contribution in [0.15, 0.2) is 17.8 Å². The average Bonchev–Trinajstić information content (AvgIpc) is 2.52. The summed E-state index contributed by atoms with van der Waals surface area (Å²) in [5.41, 5.74) is -0.165. The van der Waals surface area contributed by atoms with E-state index in [9.17, 15) is 10.1 Å². The minimum Gasteiger partial charge on any atom is -0.468 e. The molecular weight excluding hydrogens is 312 g/mol. The van der Waals surface area contributed by atoms with Crippen LogP contribution in [0.3, 0.4) is 0 Å². The third kappa shape index (κ3) is 3.79. The number of thioether (sulfide) groups is 2. The lowest BCUT2D eigenvalue weighted by atomic mass is 10.4. The molecule has 0 spiro atoms. The van der Waals surface area contributed by atoms with E-state index < -0.39 is 4.92 Å². The van der Waals surface area contributed by atoms with Gasteiger partial charge in [-0.25, -0.2) is 0 Å². The molecule has 0 amide bonds. The van der Waals surface area contributed by atoms with E-state index in [1.807, 2.05) is 22.9 Å². The van der Waals surface area contributed by atoms with Gasteiger partial charge in [-0.3, -0.25) is 10.1 Å². The van der Waals surface area contributed by atoms with Crippen LogP contribution in [0, 0.1) is 10.1 Å². The standard InChI is InChI=1S/C12H16N4O3S2/c1-3-6-19-11-9(16(17)18)10(13-12(14-11)20-2)15-4-7-21-8-5-15/h3H,1,4-8H2,2H3. The van der Waals surface area contributed by atoms with Crippen LogP contribution >= 0.6 is 23.5 Å². The van der Waals surface area contributed by atoms with Crippen LogP contribution in [0.1, 0.15) is 0 Å². The Morgan fingerprint density at radius 1 is 1.52 bits per heavy atom. The van der Waals surface area contributed by atoms with Crippen molar-refractivity contribution >= 4 is 35.0 Å². The lowest BCUT2D eigenvalue weighted by Gasteiger charge is -2.27. The van der Waals surface area contributed by atoms with Crippen LogP contribution < -0.4 is 9.64 Å². The number of hydrogen-bond acceptors (Lipinski definition) is 8. The molecule has 0 bridgehead atoms. The summed E-state index contributed by atoms with van der Waals surface area (Å²) in [6.07, 6.45) is 3.36. The fourth-order valence-electron chi connectivity index (χ4n) is 1.89. The highest BCUT2D eigenvalue weighted by atomic mass is 32.2. The first kappa shape index (κ1) is 15.9. The number of nitro groups is 1. The van der Waals surface area contributed by atoms with Crippen LogP contribution in [0.2, 0.25) is 0 Å². The zero-order valence-electron chi connectivity index (χ0n) is 11.7. The summed E-state index contributed by atoms with van der Waals surface area (Å²) in [6.45, 7) is 5.18. The second-order valence-electron chi connectivity index (χ2n) is 4.14. The van der Waals surface area contributed by atoms with E-state index in [1.165, 1.54) is 17.8 Å². The van der Waals surface area contributed by atoms with E-state index >= 15 is 0 Å². The second kappa shape index (κ2) is 7.51. The van der Waals surface area contributed by atoms with E-state index in [0.717, 1.165) is 24.6 Å². The van der Waals surface area contributed by atoms with Crippen molar-refractivity contribution in [1.82, 2.24) is 9.97 Å². The molecule has 2 rings (SSSR count). The van der Waals surface area contributed by atoms with Gasteiger partial charge in [0.25, 0.3) is 0 Å². The molecule has 114 valence electrons. The molecule has 1 fully saturated rings. The summed E-state index contributed by atoms with van der Waals surface area (Å²) in [5, 5.41) is 11.9. The molecule has 2 heterocycles. The van der Waals surface area contributed by atoms with E-state index in [2.05, 4.69) is 16.5 Å². The van der Waals surface area contributed by atoms with Crippen molar-refractivity contribution in [2.45, 2.75) is 5.16 Å². The van der Waals surface area contributed by atoms with E-state index in [4.69, 9.17) is 4.74 Å². The Kier molecular flexibility index (Phi) is 5.68. The summed E-state index contributed by atoms with van der Waals surface area (Å²) in [5.74, 6) is 2.21. The smallest absolute Gasteiger partial charge is 0.373 e. The summed E-state index contributed by atoms with van der Waals surface area (Å²) in [6, 6.07) is 0. The van der Waals surface area contributed by atoms with Crippen molar-refractivity contribution in [2.24, 2.45) is 0 Å². The SMILES string of the molecule is C=CCOc1nc(SC)nc(N2CCSCC2)c1[N+](=O)[O-]. The van der Waals surface area contributed by atoms with E-state index in [1.54, 1.807) is 0 Å². The van der Waals surface area contributed by atoms with Gasteiger partial charge in [0, 0.05) is 24.6 Å². The molecule has 1 aliphatic heterocycles. The Morgan fingerprint density at radius 2 is 2.24 bits per heavy atom. The van der Waals surface area contributed by atoms with Gasteiger partial charge < -0.3 is 9.64 Å². The highest BCUT2D eigenvalue weighted by molar-refractivity contribution is 7.99. The van der Waals surface area contributed by atoms with Gasteiger partial charge in [-0.05, 0) is 6.26 Å². The molecule has 1 aromatic rings. The van der Waals surface area contributed by atoms with Crippen LogP contribution in [-0.4, -0.2) is 52.3 Å². The van der Waals surface area contributed by atoms with Gasteiger partial charge >= 0.3 is 11.6 Å². The molecule has 7 nitrogen and oxygen atoms in total. The molecule has 1 aliphatic rings. The normalized spacial score (nSPS) is 14.8. The first-order valence-corrected chi connectivity index (χ1v) is 8.72. The maximum atomic E-state index is 11.4. The fourth-order valence-corrected chi connectivity index (χ4v) is 3.14.